The topological polar surface area (TPSA) is 62.1 Å². The number of nitrogens with one attached hydrogen (secondary N) is 1. The van der Waals surface area contributed by atoms with Gasteiger partial charge in [0.1, 0.15) is 5.75 Å². The Morgan fingerprint density at radius 3 is 2.62 bits per heavy atom. The minimum atomic E-state index is -0.637. The van der Waals surface area contributed by atoms with E-state index in [1.165, 1.54) is 0 Å². The first-order chi connectivity index (χ1) is 11.6. The standard InChI is InChI=1S/C20H22N2O2/c1-3-8-19(17-10-5-4-6-11-17)22-20(23)15(2)24-18-12-7-9-16(13-18)14-21/h4-7,9-13,15,19H,3,8H2,1-2H3,(H,22,23)/t15-,19-/m1/s1. The Kier molecular flexibility index (Phi) is 6.39. The van der Waals surface area contributed by atoms with Crippen LogP contribution in [0.2, 0.25) is 0 Å². The second-order valence-corrected chi connectivity index (χ2v) is 5.66. The van der Waals surface area contributed by atoms with Gasteiger partial charge in [-0.15, -0.1) is 0 Å². The van der Waals surface area contributed by atoms with E-state index in [4.69, 9.17) is 10.00 Å². The fourth-order valence-corrected chi connectivity index (χ4v) is 2.48. The maximum absolute atomic E-state index is 12.5. The van der Waals surface area contributed by atoms with Crippen LogP contribution in [0, 0.1) is 11.3 Å². The molecular formula is C20H22N2O2. The summed E-state index contributed by atoms with van der Waals surface area (Å²) in [6, 6.07) is 18.8. The first kappa shape index (κ1) is 17.6. The highest BCUT2D eigenvalue weighted by Gasteiger charge is 2.19. The van der Waals surface area contributed by atoms with Gasteiger partial charge in [-0.3, -0.25) is 4.79 Å². The van der Waals surface area contributed by atoms with E-state index in [-0.39, 0.29) is 11.9 Å². The van der Waals surface area contributed by atoms with Crippen LogP contribution < -0.4 is 10.1 Å². The molecular weight excluding hydrogens is 300 g/mol. The van der Waals surface area contributed by atoms with Crippen molar-refractivity contribution in [1.82, 2.24) is 5.32 Å². The summed E-state index contributed by atoms with van der Waals surface area (Å²) in [5, 5.41) is 12.0. The summed E-state index contributed by atoms with van der Waals surface area (Å²) in [5.41, 5.74) is 1.60. The van der Waals surface area contributed by atoms with Gasteiger partial charge >= 0.3 is 0 Å². The molecule has 0 radical (unpaired) electrons. The largest absolute Gasteiger partial charge is 0.481 e. The maximum atomic E-state index is 12.5. The molecule has 2 rings (SSSR count). The lowest BCUT2D eigenvalue weighted by Gasteiger charge is -2.22. The van der Waals surface area contributed by atoms with Crippen molar-refractivity contribution in [2.24, 2.45) is 0 Å². The zero-order valence-corrected chi connectivity index (χ0v) is 14.0. The Hall–Kier alpha value is -2.80. The van der Waals surface area contributed by atoms with Crippen molar-refractivity contribution in [2.75, 3.05) is 0 Å². The molecule has 1 N–H and O–H groups in total. The summed E-state index contributed by atoms with van der Waals surface area (Å²) in [4.78, 5) is 12.5. The minimum absolute atomic E-state index is 0.0276. The van der Waals surface area contributed by atoms with Gasteiger partial charge in [-0.1, -0.05) is 49.7 Å². The molecule has 1 amide bonds. The van der Waals surface area contributed by atoms with Gasteiger partial charge in [-0.05, 0) is 37.1 Å². The molecule has 2 aromatic rings. The number of rotatable bonds is 7. The molecule has 0 aliphatic heterocycles. The molecule has 2 atom stereocenters. The molecule has 4 nitrogen and oxygen atoms in total. The first-order valence-corrected chi connectivity index (χ1v) is 8.16. The Morgan fingerprint density at radius 2 is 1.96 bits per heavy atom. The summed E-state index contributed by atoms with van der Waals surface area (Å²) >= 11 is 0. The van der Waals surface area contributed by atoms with E-state index >= 15 is 0 Å². The smallest absolute Gasteiger partial charge is 0.261 e. The number of nitriles is 1. The molecule has 0 fully saturated rings. The Bertz CT molecular complexity index is 707. The van der Waals surface area contributed by atoms with Crippen LogP contribution >= 0.6 is 0 Å². The van der Waals surface area contributed by atoms with E-state index in [1.54, 1.807) is 31.2 Å². The van der Waals surface area contributed by atoms with Gasteiger partial charge in [0.15, 0.2) is 6.10 Å². The van der Waals surface area contributed by atoms with Crippen molar-refractivity contribution < 1.29 is 9.53 Å². The fraction of sp³-hybridized carbons (Fsp3) is 0.300. The second kappa shape index (κ2) is 8.73. The van der Waals surface area contributed by atoms with Crippen LogP contribution in [0.4, 0.5) is 0 Å². The third-order valence-corrected chi connectivity index (χ3v) is 3.74. The van der Waals surface area contributed by atoms with E-state index in [9.17, 15) is 4.79 Å². The summed E-state index contributed by atoms with van der Waals surface area (Å²) in [6.07, 6.45) is 1.20. The van der Waals surface area contributed by atoms with Crippen LogP contribution in [-0.2, 0) is 4.79 Å². The number of hydrogen-bond donors (Lipinski definition) is 1. The molecule has 0 spiro atoms. The third-order valence-electron chi connectivity index (χ3n) is 3.74. The summed E-state index contributed by atoms with van der Waals surface area (Å²) in [5.74, 6) is 0.350. The number of amides is 1. The lowest BCUT2D eigenvalue weighted by molar-refractivity contribution is -0.128. The molecule has 4 heteroatoms. The highest BCUT2D eigenvalue weighted by molar-refractivity contribution is 5.81. The predicted octanol–water partition coefficient (Wildman–Crippen LogP) is 3.98. The van der Waals surface area contributed by atoms with E-state index in [0.717, 1.165) is 18.4 Å². The van der Waals surface area contributed by atoms with Crippen LogP contribution in [0.5, 0.6) is 5.75 Å². The molecule has 24 heavy (non-hydrogen) atoms. The van der Waals surface area contributed by atoms with Crippen LogP contribution in [0.1, 0.15) is 43.9 Å². The van der Waals surface area contributed by atoms with Gasteiger partial charge in [-0.25, -0.2) is 0 Å². The lowest BCUT2D eigenvalue weighted by atomic mass is 10.0. The molecule has 124 valence electrons. The van der Waals surface area contributed by atoms with Gasteiger partial charge in [0, 0.05) is 0 Å². The maximum Gasteiger partial charge on any atom is 0.261 e. The molecule has 0 aliphatic carbocycles. The quantitative estimate of drug-likeness (QED) is 0.838. The van der Waals surface area contributed by atoms with Crippen molar-refractivity contribution in [2.45, 2.75) is 38.8 Å². The molecule has 0 aromatic heterocycles. The first-order valence-electron chi connectivity index (χ1n) is 8.16. The molecule has 2 aromatic carbocycles. The molecule has 0 saturated heterocycles. The minimum Gasteiger partial charge on any atom is -0.481 e. The number of nitrogens with zero attached hydrogens (tertiary/aromatic N) is 1. The predicted molar refractivity (Wildman–Crippen MR) is 93.5 cm³/mol. The van der Waals surface area contributed by atoms with Crippen molar-refractivity contribution >= 4 is 5.91 Å². The number of carbonyl (C=O) groups excluding carboxylic acids is 1. The van der Waals surface area contributed by atoms with Gasteiger partial charge in [0.05, 0.1) is 17.7 Å². The number of benzene rings is 2. The normalized spacial score (nSPS) is 12.7. The van der Waals surface area contributed by atoms with E-state index in [1.807, 2.05) is 30.3 Å². The average Bonchev–Trinajstić information content (AvgIpc) is 2.62. The van der Waals surface area contributed by atoms with Gasteiger partial charge in [0.25, 0.3) is 5.91 Å². The molecule has 0 saturated carbocycles. The highest BCUT2D eigenvalue weighted by Crippen LogP contribution is 2.19. The average molecular weight is 322 g/mol. The fourth-order valence-electron chi connectivity index (χ4n) is 2.48. The van der Waals surface area contributed by atoms with E-state index in [0.29, 0.717) is 11.3 Å². The van der Waals surface area contributed by atoms with Crippen LogP contribution in [0.25, 0.3) is 0 Å². The summed E-state index contributed by atoms with van der Waals surface area (Å²) < 4.78 is 5.67. The third kappa shape index (κ3) is 4.85. The SMILES string of the molecule is CCC[C@@H](NC(=O)[C@@H](C)Oc1cccc(C#N)c1)c1ccccc1. The van der Waals surface area contributed by atoms with E-state index < -0.39 is 6.10 Å². The van der Waals surface area contributed by atoms with Crippen molar-refractivity contribution in [3.8, 4) is 11.8 Å². The monoisotopic (exact) mass is 322 g/mol. The van der Waals surface area contributed by atoms with Gasteiger partial charge in [0.2, 0.25) is 0 Å². The van der Waals surface area contributed by atoms with Crippen LogP contribution in [-0.4, -0.2) is 12.0 Å². The van der Waals surface area contributed by atoms with Crippen molar-refractivity contribution in [3.05, 3.63) is 65.7 Å². The van der Waals surface area contributed by atoms with Crippen LogP contribution in [0.15, 0.2) is 54.6 Å². The van der Waals surface area contributed by atoms with Crippen molar-refractivity contribution in [3.63, 3.8) is 0 Å². The zero-order valence-electron chi connectivity index (χ0n) is 14.0. The molecule has 0 unspecified atom stereocenters. The van der Waals surface area contributed by atoms with E-state index in [2.05, 4.69) is 18.3 Å². The van der Waals surface area contributed by atoms with Crippen LogP contribution in [0.3, 0.4) is 0 Å². The number of hydrogen-bond acceptors (Lipinski definition) is 3. The summed E-state index contributed by atoms with van der Waals surface area (Å²) in [7, 11) is 0. The Balaban J connectivity index is 2.02. The summed E-state index contributed by atoms with van der Waals surface area (Å²) in [6.45, 7) is 3.80. The molecule has 0 bridgehead atoms. The Labute approximate surface area is 143 Å². The second-order valence-electron chi connectivity index (χ2n) is 5.66. The number of ether oxygens (including phenoxy) is 1. The highest BCUT2D eigenvalue weighted by atomic mass is 16.5. The Morgan fingerprint density at radius 1 is 1.21 bits per heavy atom. The zero-order chi connectivity index (χ0) is 17.4. The molecule has 0 heterocycles. The number of carbonyl (C=O) groups is 1. The van der Waals surface area contributed by atoms with Gasteiger partial charge < -0.3 is 10.1 Å². The van der Waals surface area contributed by atoms with Crippen molar-refractivity contribution in [1.29, 1.82) is 5.26 Å². The molecule has 0 aliphatic rings. The lowest BCUT2D eigenvalue weighted by Crippen LogP contribution is -2.38. The van der Waals surface area contributed by atoms with Gasteiger partial charge in [-0.2, -0.15) is 5.26 Å².